The first kappa shape index (κ1) is 15.1. The third-order valence-corrected chi connectivity index (χ3v) is 3.20. The molecule has 0 aliphatic carbocycles. The Kier molecular flexibility index (Phi) is 5.01. The normalized spacial score (nSPS) is 10.8. The number of aryl methyl sites for hydroxylation is 1. The molecule has 0 unspecified atom stereocenters. The molecule has 0 saturated carbocycles. The van der Waals surface area contributed by atoms with Gasteiger partial charge in [0.25, 0.3) is 0 Å². The van der Waals surface area contributed by atoms with E-state index >= 15 is 0 Å². The molecule has 0 aromatic heterocycles. The molecule has 0 aliphatic rings. The van der Waals surface area contributed by atoms with Gasteiger partial charge in [0.15, 0.2) is 0 Å². The van der Waals surface area contributed by atoms with Gasteiger partial charge in [-0.2, -0.15) is 0 Å². The molecule has 0 bridgehead atoms. The molecule has 4 heteroatoms. The average Bonchev–Trinajstić information content (AvgIpc) is 2.46. The summed E-state index contributed by atoms with van der Waals surface area (Å²) in [7, 11) is 0. The van der Waals surface area contributed by atoms with Gasteiger partial charge >= 0.3 is 5.97 Å². The highest BCUT2D eigenvalue weighted by molar-refractivity contribution is 6.32. The van der Waals surface area contributed by atoms with Crippen LogP contribution in [0, 0.1) is 6.92 Å². The fourth-order valence-electron chi connectivity index (χ4n) is 1.81. The van der Waals surface area contributed by atoms with E-state index in [4.69, 9.17) is 21.4 Å². The Labute approximate surface area is 128 Å². The Balaban J connectivity index is 2.18. The zero-order valence-electron chi connectivity index (χ0n) is 11.5. The van der Waals surface area contributed by atoms with Crippen molar-refractivity contribution in [1.82, 2.24) is 0 Å². The molecule has 0 atom stereocenters. The van der Waals surface area contributed by atoms with Gasteiger partial charge in [0.2, 0.25) is 0 Å². The van der Waals surface area contributed by atoms with E-state index < -0.39 is 5.97 Å². The number of halogens is 1. The number of ether oxygens (including phenoxy) is 1. The topological polar surface area (TPSA) is 46.5 Å². The molecule has 0 aliphatic heterocycles. The smallest absolute Gasteiger partial charge is 0.328 e. The van der Waals surface area contributed by atoms with Crippen molar-refractivity contribution in [3.05, 3.63) is 70.3 Å². The second kappa shape index (κ2) is 6.95. The first-order chi connectivity index (χ1) is 10.1. The van der Waals surface area contributed by atoms with E-state index in [2.05, 4.69) is 0 Å². The molecule has 0 radical (unpaired) electrons. The van der Waals surface area contributed by atoms with Crippen LogP contribution < -0.4 is 4.74 Å². The number of hydrogen-bond acceptors (Lipinski definition) is 2. The third-order valence-electron chi connectivity index (χ3n) is 2.91. The SMILES string of the molecule is Cc1ccc(COc2c(Cl)cccc2/C=C/C(=O)O)cc1. The minimum Gasteiger partial charge on any atom is -0.487 e. The summed E-state index contributed by atoms with van der Waals surface area (Å²) in [6, 6.07) is 13.2. The molecular weight excluding hydrogens is 288 g/mol. The molecule has 21 heavy (non-hydrogen) atoms. The summed E-state index contributed by atoms with van der Waals surface area (Å²) in [4.78, 5) is 10.6. The molecule has 0 saturated heterocycles. The average molecular weight is 303 g/mol. The lowest BCUT2D eigenvalue weighted by Crippen LogP contribution is -1.98. The zero-order valence-corrected chi connectivity index (χ0v) is 12.3. The van der Waals surface area contributed by atoms with Crippen LogP contribution in [0.15, 0.2) is 48.5 Å². The van der Waals surface area contributed by atoms with E-state index in [9.17, 15) is 4.79 Å². The first-order valence-electron chi connectivity index (χ1n) is 6.44. The van der Waals surface area contributed by atoms with Crippen molar-refractivity contribution in [2.24, 2.45) is 0 Å². The zero-order chi connectivity index (χ0) is 15.2. The number of rotatable bonds is 5. The highest BCUT2D eigenvalue weighted by Gasteiger charge is 2.07. The Morgan fingerprint density at radius 3 is 2.62 bits per heavy atom. The summed E-state index contributed by atoms with van der Waals surface area (Å²) >= 11 is 6.13. The van der Waals surface area contributed by atoms with E-state index in [1.165, 1.54) is 11.6 Å². The maximum Gasteiger partial charge on any atom is 0.328 e. The van der Waals surface area contributed by atoms with Gasteiger partial charge in [0.05, 0.1) is 5.02 Å². The van der Waals surface area contributed by atoms with Crippen LogP contribution in [0.1, 0.15) is 16.7 Å². The lowest BCUT2D eigenvalue weighted by Gasteiger charge is -2.11. The quantitative estimate of drug-likeness (QED) is 0.836. The van der Waals surface area contributed by atoms with Crippen molar-refractivity contribution in [3.63, 3.8) is 0 Å². The Bertz CT molecular complexity index is 660. The second-order valence-electron chi connectivity index (χ2n) is 4.60. The Hall–Kier alpha value is -2.26. The summed E-state index contributed by atoms with van der Waals surface area (Å²) in [5.74, 6) is -0.531. The van der Waals surface area contributed by atoms with Crippen LogP contribution in [0.3, 0.4) is 0 Å². The predicted octanol–water partition coefficient (Wildman–Crippen LogP) is 4.33. The van der Waals surface area contributed by atoms with Crippen molar-refractivity contribution in [2.45, 2.75) is 13.5 Å². The van der Waals surface area contributed by atoms with Gasteiger partial charge in [-0.15, -0.1) is 0 Å². The fraction of sp³-hybridized carbons (Fsp3) is 0.118. The van der Waals surface area contributed by atoms with E-state index in [1.807, 2.05) is 31.2 Å². The number of carbonyl (C=O) groups is 1. The van der Waals surface area contributed by atoms with Crippen LogP contribution in [0.2, 0.25) is 5.02 Å². The summed E-state index contributed by atoms with van der Waals surface area (Å²) in [6.07, 6.45) is 2.53. The van der Waals surface area contributed by atoms with Gasteiger partial charge in [-0.1, -0.05) is 53.6 Å². The van der Waals surface area contributed by atoms with Gasteiger partial charge in [0, 0.05) is 11.6 Å². The molecule has 2 aromatic carbocycles. The predicted molar refractivity (Wildman–Crippen MR) is 83.6 cm³/mol. The van der Waals surface area contributed by atoms with Crippen LogP contribution in [0.25, 0.3) is 6.08 Å². The fourth-order valence-corrected chi connectivity index (χ4v) is 2.05. The maximum atomic E-state index is 10.6. The van der Waals surface area contributed by atoms with Crippen LogP contribution in [0.4, 0.5) is 0 Å². The molecule has 2 aromatic rings. The summed E-state index contributed by atoms with van der Waals surface area (Å²) in [5, 5.41) is 9.16. The van der Waals surface area contributed by atoms with Gasteiger partial charge in [0.1, 0.15) is 12.4 Å². The molecule has 1 N–H and O–H groups in total. The van der Waals surface area contributed by atoms with E-state index in [1.54, 1.807) is 18.2 Å². The van der Waals surface area contributed by atoms with E-state index in [0.29, 0.717) is 22.9 Å². The van der Waals surface area contributed by atoms with Gasteiger partial charge in [-0.3, -0.25) is 0 Å². The molecule has 0 fully saturated rings. The minimum absolute atomic E-state index is 0.373. The molecule has 0 heterocycles. The first-order valence-corrected chi connectivity index (χ1v) is 6.82. The van der Waals surface area contributed by atoms with Crippen LogP contribution in [-0.4, -0.2) is 11.1 Å². The number of hydrogen-bond donors (Lipinski definition) is 1. The molecule has 0 amide bonds. The van der Waals surface area contributed by atoms with Crippen LogP contribution in [0.5, 0.6) is 5.75 Å². The Morgan fingerprint density at radius 1 is 1.24 bits per heavy atom. The van der Waals surface area contributed by atoms with Crippen molar-refractivity contribution < 1.29 is 14.6 Å². The standard InChI is InChI=1S/C17H15ClO3/c1-12-5-7-13(8-6-12)11-21-17-14(9-10-16(19)20)3-2-4-15(17)18/h2-10H,11H2,1H3,(H,19,20)/b10-9+. The molecule has 3 nitrogen and oxygen atoms in total. The Morgan fingerprint density at radius 2 is 1.95 bits per heavy atom. The third kappa shape index (κ3) is 4.36. The summed E-state index contributed by atoms with van der Waals surface area (Å²) in [5.41, 5.74) is 2.84. The molecule has 2 rings (SSSR count). The van der Waals surface area contributed by atoms with Crippen molar-refractivity contribution in [2.75, 3.05) is 0 Å². The monoisotopic (exact) mass is 302 g/mol. The van der Waals surface area contributed by atoms with E-state index in [-0.39, 0.29) is 0 Å². The van der Waals surface area contributed by atoms with Crippen molar-refractivity contribution in [3.8, 4) is 5.75 Å². The number of carboxylic acid groups (broad SMARTS) is 1. The van der Waals surface area contributed by atoms with Crippen molar-refractivity contribution >= 4 is 23.6 Å². The molecule has 0 spiro atoms. The van der Waals surface area contributed by atoms with Crippen LogP contribution in [-0.2, 0) is 11.4 Å². The van der Waals surface area contributed by atoms with Gasteiger partial charge < -0.3 is 9.84 Å². The lowest BCUT2D eigenvalue weighted by molar-refractivity contribution is -0.131. The van der Waals surface area contributed by atoms with Gasteiger partial charge in [-0.25, -0.2) is 4.79 Å². The number of aliphatic carboxylic acids is 1. The van der Waals surface area contributed by atoms with Crippen LogP contribution >= 0.6 is 11.6 Å². The van der Waals surface area contributed by atoms with Gasteiger partial charge in [-0.05, 0) is 24.6 Å². The second-order valence-corrected chi connectivity index (χ2v) is 5.01. The number of para-hydroxylation sites is 1. The van der Waals surface area contributed by atoms with E-state index in [0.717, 1.165) is 11.6 Å². The summed E-state index contributed by atoms with van der Waals surface area (Å²) < 4.78 is 5.75. The number of benzene rings is 2. The largest absolute Gasteiger partial charge is 0.487 e. The molecule has 108 valence electrons. The highest BCUT2D eigenvalue weighted by atomic mass is 35.5. The van der Waals surface area contributed by atoms with Crippen molar-refractivity contribution in [1.29, 1.82) is 0 Å². The maximum absolute atomic E-state index is 10.6. The molecular formula is C17H15ClO3. The minimum atomic E-state index is -1.01. The number of carboxylic acids is 1. The lowest BCUT2D eigenvalue weighted by atomic mass is 10.1. The summed E-state index contributed by atoms with van der Waals surface area (Å²) in [6.45, 7) is 2.39. The highest BCUT2D eigenvalue weighted by Crippen LogP contribution is 2.30.